The molecular formula is C19H20N4O3S2. The highest BCUT2D eigenvalue weighted by atomic mass is 32.2. The topological polar surface area (TPSA) is 94.0 Å². The van der Waals surface area contributed by atoms with Gasteiger partial charge in [-0.3, -0.25) is 4.79 Å². The van der Waals surface area contributed by atoms with Crippen LogP contribution in [0.1, 0.15) is 23.9 Å². The molecule has 28 heavy (non-hydrogen) atoms. The Morgan fingerprint density at radius 2 is 2.11 bits per heavy atom. The first kappa shape index (κ1) is 18.8. The molecule has 1 N–H and O–H groups in total. The molecule has 1 fully saturated rings. The fourth-order valence-corrected chi connectivity index (χ4v) is 5.83. The number of benzene rings is 1. The van der Waals surface area contributed by atoms with E-state index in [2.05, 4.69) is 15.4 Å². The number of carbonyl (C=O) groups excluding carboxylic acids is 1. The fraction of sp³-hybridized carbons (Fsp3) is 0.316. The number of nitrogens with zero attached hydrogens (tertiary/aromatic N) is 3. The summed E-state index contributed by atoms with van der Waals surface area (Å²) in [6.45, 7) is 1.82. The maximum Gasteiger partial charge on any atom is 0.231 e. The number of hydrogen-bond acceptors (Lipinski definition) is 6. The highest BCUT2D eigenvalue weighted by Gasteiger charge is 2.31. The van der Waals surface area contributed by atoms with Crippen LogP contribution in [0.5, 0.6) is 0 Å². The molecule has 1 unspecified atom stereocenters. The summed E-state index contributed by atoms with van der Waals surface area (Å²) in [5.41, 5.74) is 2.46. The van der Waals surface area contributed by atoms with Crippen LogP contribution in [0.2, 0.25) is 0 Å². The van der Waals surface area contributed by atoms with Crippen molar-refractivity contribution in [1.29, 1.82) is 0 Å². The van der Waals surface area contributed by atoms with Gasteiger partial charge in [-0.1, -0.05) is 30.3 Å². The third kappa shape index (κ3) is 4.15. The zero-order valence-electron chi connectivity index (χ0n) is 15.3. The van der Waals surface area contributed by atoms with Crippen molar-refractivity contribution in [3.63, 3.8) is 0 Å². The first-order valence-corrected chi connectivity index (χ1v) is 11.7. The minimum Gasteiger partial charge on any atom is -0.311 e. The van der Waals surface area contributed by atoms with Gasteiger partial charge in [0.1, 0.15) is 10.8 Å². The summed E-state index contributed by atoms with van der Waals surface area (Å²) in [6.07, 6.45) is 0.662. The van der Waals surface area contributed by atoms with E-state index in [0.29, 0.717) is 17.9 Å². The molecule has 7 nitrogen and oxygen atoms in total. The lowest BCUT2D eigenvalue weighted by Crippen LogP contribution is -2.20. The summed E-state index contributed by atoms with van der Waals surface area (Å²) in [5.74, 6) is 0.546. The predicted octanol–water partition coefficient (Wildman–Crippen LogP) is 2.86. The predicted molar refractivity (Wildman–Crippen MR) is 109 cm³/mol. The molecule has 9 heteroatoms. The number of anilines is 1. The van der Waals surface area contributed by atoms with Crippen LogP contribution in [0.3, 0.4) is 0 Å². The molecule has 0 spiro atoms. The van der Waals surface area contributed by atoms with Crippen molar-refractivity contribution >= 4 is 32.9 Å². The number of amides is 1. The van der Waals surface area contributed by atoms with E-state index in [4.69, 9.17) is 0 Å². The smallest absolute Gasteiger partial charge is 0.231 e. The Morgan fingerprint density at radius 1 is 1.32 bits per heavy atom. The molecular weight excluding hydrogens is 396 g/mol. The molecule has 3 heterocycles. The van der Waals surface area contributed by atoms with E-state index >= 15 is 0 Å². The lowest BCUT2D eigenvalue weighted by atomic mass is 10.2. The summed E-state index contributed by atoms with van der Waals surface area (Å²) in [5, 5.41) is 10.0. The molecule has 1 amide bonds. The van der Waals surface area contributed by atoms with Gasteiger partial charge in [0.05, 0.1) is 35.4 Å². The lowest BCUT2D eigenvalue weighted by Gasteiger charge is -2.13. The highest BCUT2D eigenvalue weighted by molar-refractivity contribution is 7.91. The highest BCUT2D eigenvalue weighted by Crippen LogP contribution is 2.27. The molecule has 146 valence electrons. The van der Waals surface area contributed by atoms with Gasteiger partial charge < -0.3 is 5.32 Å². The number of hydrogen-bond donors (Lipinski definition) is 1. The number of nitrogens with one attached hydrogen (secondary N) is 1. The Labute approximate surface area is 167 Å². The first-order valence-electron chi connectivity index (χ1n) is 8.96. The van der Waals surface area contributed by atoms with Crippen molar-refractivity contribution in [2.45, 2.75) is 25.8 Å². The van der Waals surface area contributed by atoms with E-state index in [1.165, 1.54) is 11.3 Å². The minimum atomic E-state index is -3.03. The van der Waals surface area contributed by atoms with Crippen LogP contribution >= 0.6 is 11.3 Å². The Kier molecular flexibility index (Phi) is 5.03. The van der Waals surface area contributed by atoms with Gasteiger partial charge in [0.2, 0.25) is 5.91 Å². The van der Waals surface area contributed by atoms with Crippen LogP contribution in [0.15, 0.2) is 41.8 Å². The number of aromatic nitrogens is 3. The summed E-state index contributed by atoms with van der Waals surface area (Å²) >= 11 is 1.50. The van der Waals surface area contributed by atoms with Crippen LogP contribution in [0.25, 0.3) is 10.6 Å². The fourth-order valence-electron chi connectivity index (χ4n) is 3.31. The summed E-state index contributed by atoms with van der Waals surface area (Å²) in [6, 6.07) is 11.4. The van der Waals surface area contributed by atoms with Gasteiger partial charge in [-0.05, 0) is 13.3 Å². The van der Waals surface area contributed by atoms with Gasteiger partial charge in [0.25, 0.3) is 0 Å². The molecule has 1 atom stereocenters. The van der Waals surface area contributed by atoms with Gasteiger partial charge in [-0.2, -0.15) is 5.10 Å². The second kappa shape index (κ2) is 7.48. The van der Waals surface area contributed by atoms with Gasteiger partial charge in [0, 0.05) is 17.0 Å². The van der Waals surface area contributed by atoms with E-state index < -0.39 is 9.84 Å². The number of rotatable bonds is 5. The molecule has 4 rings (SSSR count). The monoisotopic (exact) mass is 416 g/mol. The maximum absolute atomic E-state index is 12.5. The van der Waals surface area contributed by atoms with Gasteiger partial charge in [-0.25, -0.2) is 18.1 Å². The van der Waals surface area contributed by atoms with Gasteiger partial charge in [-0.15, -0.1) is 11.3 Å². The molecule has 1 aliphatic rings. The average Bonchev–Trinajstić information content (AvgIpc) is 3.35. The minimum absolute atomic E-state index is 0.0590. The van der Waals surface area contributed by atoms with E-state index in [9.17, 15) is 13.2 Å². The second-order valence-electron chi connectivity index (χ2n) is 6.91. The molecule has 1 aliphatic heterocycles. The summed E-state index contributed by atoms with van der Waals surface area (Å²) in [4.78, 5) is 17.1. The zero-order chi connectivity index (χ0) is 19.7. The third-order valence-corrected chi connectivity index (χ3v) is 7.28. The van der Waals surface area contributed by atoms with E-state index in [-0.39, 0.29) is 29.9 Å². The molecule has 1 saturated heterocycles. The molecule has 0 bridgehead atoms. The van der Waals surface area contributed by atoms with Crippen LogP contribution in [0.4, 0.5) is 5.82 Å². The van der Waals surface area contributed by atoms with Crippen molar-refractivity contribution < 1.29 is 13.2 Å². The Morgan fingerprint density at radius 3 is 2.82 bits per heavy atom. The van der Waals surface area contributed by atoms with Gasteiger partial charge >= 0.3 is 0 Å². The largest absolute Gasteiger partial charge is 0.311 e. The van der Waals surface area contributed by atoms with Crippen molar-refractivity contribution in [3.05, 3.63) is 53.2 Å². The van der Waals surface area contributed by atoms with Crippen molar-refractivity contribution in [2.75, 3.05) is 16.8 Å². The lowest BCUT2D eigenvalue weighted by molar-refractivity contribution is -0.115. The molecule has 0 aliphatic carbocycles. The third-order valence-electron chi connectivity index (χ3n) is 4.59. The zero-order valence-corrected chi connectivity index (χ0v) is 17.0. The first-order chi connectivity index (χ1) is 13.4. The quantitative estimate of drug-likeness (QED) is 0.690. The molecule has 3 aromatic rings. The summed E-state index contributed by atoms with van der Waals surface area (Å²) < 4.78 is 25.2. The van der Waals surface area contributed by atoms with E-state index in [1.807, 2.05) is 42.6 Å². The molecule has 2 aromatic heterocycles. The van der Waals surface area contributed by atoms with Crippen LogP contribution in [-0.4, -0.2) is 40.6 Å². The molecule has 0 radical (unpaired) electrons. The average molecular weight is 417 g/mol. The SMILES string of the molecule is Cc1cc(NC(=O)Cc2csc(-c3ccccc3)n2)n(C2CCS(=O)(=O)C2)n1. The Bertz CT molecular complexity index is 1100. The van der Waals surface area contributed by atoms with Crippen LogP contribution in [0, 0.1) is 6.92 Å². The van der Waals surface area contributed by atoms with Crippen LogP contribution in [-0.2, 0) is 21.1 Å². The number of sulfone groups is 1. The van der Waals surface area contributed by atoms with Crippen LogP contribution < -0.4 is 5.32 Å². The maximum atomic E-state index is 12.5. The van der Waals surface area contributed by atoms with Gasteiger partial charge in [0.15, 0.2) is 9.84 Å². The number of carbonyl (C=O) groups is 1. The normalized spacial score (nSPS) is 18.2. The number of aryl methyl sites for hydroxylation is 1. The standard InChI is InChI=1S/C19H20N4O3S2/c1-13-9-17(23(22-13)16-7-8-28(25,26)12-16)21-18(24)10-15-11-27-19(20-15)14-5-3-2-4-6-14/h2-6,9,11,16H,7-8,10,12H2,1H3,(H,21,24). The van der Waals surface area contributed by atoms with E-state index in [1.54, 1.807) is 10.7 Å². The number of thiazole rings is 1. The molecule has 0 saturated carbocycles. The van der Waals surface area contributed by atoms with Crippen molar-refractivity contribution in [2.24, 2.45) is 0 Å². The van der Waals surface area contributed by atoms with Crippen molar-refractivity contribution in [1.82, 2.24) is 14.8 Å². The van der Waals surface area contributed by atoms with Crippen molar-refractivity contribution in [3.8, 4) is 10.6 Å². The second-order valence-corrected chi connectivity index (χ2v) is 9.99. The van der Waals surface area contributed by atoms with E-state index in [0.717, 1.165) is 16.3 Å². The Hall–Kier alpha value is -2.52. The molecule has 1 aromatic carbocycles. The summed E-state index contributed by atoms with van der Waals surface area (Å²) in [7, 11) is -3.03. The Balaban J connectivity index is 1.46.